The molecule has 1 N–H and O–H groups in total. The van der Waals surface area contributed by atoms with E-state index in [-0.39, 0.29) is 23.7 Å². The SMILES string of the molecule is CCCNC(Cc1ccc(OC)c(F)c1)C(CCC)OC. The summed E-state index contributed by atoms with van der Waals surface area (Å²) < 4.78 is 24.4. The van der Waals surface area contributed by atoms with E-state index in [1.54, 1.807) is 19.2 Å². The first-order valence-corrected chi connectivity index (χ1v) is 7.74. The van der Waals surface area contributed by atoms with Crippen LogP contribution < -0.4 is 10.1 Å². The fraction of sp³-hybridized carbons (Fsp3) is 0.647. The Morgan fingerprint density at radius 3 is 2.48 bits per heavy atom. The van der Waals surface area contributed by atoms with Crippen molar-refractivity contribution in [3.8, 4) is 5.75 Å². The van der Waals surface area contributed by atoms with Crippen molar-refractivity contribution >= 4 is 0 Å². The van der Waals surface area contributed by atoms with Crippen LogP contribution >= 0.6 is 0 Å². The number of nitrogens with one attached hydrogen (secondary N) is 1. The molecule has 0 saturated carbocycles. The molecule has 1 rings (SSSR count). The normalized spacial score (nSPS) is 14.0. The van der Waals surface area contributed by atoms with Crippen molar-refractivity contribution in [3.05, 3.63) is 29.6 Å². The third kappa shape index (κ3) is 5.64. The molecule has 4 heteroatoms. The van der Waals surface area contributed by atoms with Crippen molar-refractivity contribution in [3.63, 3.8) is 0 Å². The Hall–Kier alpha value is -1.13. The highest BCUT2D eigenvalue weighted by Crippen LogP contribution is 2.20. The van der Waals surface area contributed by atoms with Crippen molar-refractivity contribution in [2.45, 2.75) is 51.7 Å². The maximum absolute atomic E-state index is 13.8. The van der Waals surface area contributed by atoms with Gasteiger partial charge in [-0.15, -0.1) is 0 Å². The van der Waals surface area contributed by atoms with Crippen LogP contribution in [0.4, 0.5) is 4.39 Å². The van der Waals surface area contributed by atoms with Gasteiger partial charge in [-0.2, -0.15) is 0 Å². The molecule has 120 valence electrons. The number of hydrogen-bond donors (Lipinski definition) is 1. The molecular weight excluding hydrogens is 269 g/mol. The van der Waals surface area contributed by atoms with E-state index in [4.69, 9.17) is 9.47 Å². The van der Waals surface area contributed by atoms with Crippen molar-refractivity contribution in [2.75, 3.05) is 20.8 Å². The highest BCUT2D eigenvalue weighted by atomic mass is 19.1. The van der Waals surface area contributed by atoms with Crippen LogP contribution in [0.1, 0.15) is 38.7 Å². The largest absolute Gasteiger partial charge is 0.494 e. The lowest BCUT2D eigenvalue weighted by atomic mass is 9.98. The summed E-state index contributed by atoms with van der Waals surface area (Å²) in [6.07, 6.45) is 4.03. The number of hydrogen-bond acceptors (Lipinski definition) is 3. The third-order valence-corrected chi connectivity index (χ3v) is 3.65. The summed E-state index contributed by atoms with van der Waals surface area (Å²) in [6, 6.07) is 5.35. The Bertz CT molecular complexity index is 412. The van der Waals surface area contributed by atoms with Gasteiger partial charge in [0.15, 0.2) is 11.6 Å². The van der Waals surface area contributed by atoms with Crippen LogP contribution in [0.3, 0.4) is 0 Å². The first-order valence-electron chi connectivity index (χ1n) is 7.74. The molecule has 1 aromatic carbocycles. The average molecular weight is 297 g/mol. The Kier molecular flexibility index (Phi) is 8.31. The Morgan fingerprint density at radius 1 is 1.19 bits per heavy atom. The van der Waals surface area contributed by atoms with E-state index in [1.165, 1.54) is 7.11 Å². The molecule has 0 amide bonds. The number of halogens is 1. The first kappa shape index (κ1) is 17.9. The van der Waals surface area contributed by atoms with E-state index in [2.05, 4.69) is 19.2 Å². The zero-order chi connectivity index (χ0) is 15.7. The Labute approximate surface area is 127 Å². The standard InChI is InChI=1S/C17H28FNO2/c1-5-7-17(21-4)15(19-10-6-2)12-13-8-9-16(20-3)14(18)11-13/h8-9,11,15,17,19H,5-7,10,12H2,1-4H3. The van der Waals surface area contributed by atoms with Gasteiger partial charge < -0.3 is 14.8 Å². The maximum Gasteiger partial charge on any atom is 0.165 e. The van der Waals surface area contributed by atoms with E-state index in [1.807, 2.05) is 6.07 Å². The first-order chi connectivity index (χ1) is 10.2. The minimum Gasteiger partial charge on any atom is -0.494 e. The molecule has 0 spiro atoms. The lowest BCUT2D eigenvalue weighted by Gasteiger charge is -2.27. The molecule has 0 bridgehead atoms. The van der Waals surface area contributed by atoms with Crippen LogP contribution in [0, 0.1) is 5.82 Å². The Morgan fingerprint density at radius 2 is 1.95 bits per heavy atom. The predicted molar refractivity (Wildman–Crippen MR) is 84.4 cm³/mol. The van der Waals surface area contributed by atoms with Crippen LogP contribution in [-0.2, 0) is 11.2 Å². The monoisotopic (exact) mass is 297 g/mol. The summed E-state index contributed by atoms with van der Waals surface area (Å²) in [4.78, 5) is 0. The van der Waals surface area contributed by atoms with Crippen molar-refractivity contribution < 1.29 is 13.9 Å². The molecule has 1 aromatic rings. The fourth-order valence-corrected chi connectivity index (χ4v) is 2.52. The molecule has 2 unspecified atom stereocenters. The second kappa shape index (κ2) is 9.74. The second-order valence-electron chi connectivity index (χ2n) is 5.30. The molecule has 21 heavy (non-hydrogen) atoms. The topological polar surface area (TPSA) is 30.5 Å². The molecule has 0 aliphatic heterocycles. The van der Waals surface area contributed by atoms with Crippen molar-refractivity contribution in [1.82, 2.24) is 5.32 Å². The summed E-state index contributed by atoms with van der Waals surface area (Å²) >= 11 is 0. The molecule has 0 aliphatic rings. The van der Waals surface area contributed by atoms with Crippen LogP contribution in [0.5, 0.6) is 5.75 Å². The van der Waals surface area contributed by atoms with E-state index in [0.29, 0.717) is 0 Å². The summed E-state index contributed by atoms with van der Waals surface area (Å²) in [5, 5.41) is 3.52. The quantitative estimate of drug-likeness (QED) is 0.716. The minimum atomic E-state index is -0.311. The lowest BCUT2D eigenvalue weighted by molar-refractivity contribution is 0.0609. The number of ether oxygens (including phenoxy) is 2. The van der Waals surface area contributed by atoms with E-state index in [0.717, 1.165) is 37.8 Å². The molecule has 0 radical (unpaired) electrons. The van der Waals surface area contributed by atoms with Crippen LogP contribution in [0.2, 0.25) is 0 Å². The number of benzene rings is 1. The van der Waals surface area contributed by atoms with E-state index < -0.39 is 0 Å². The van der Waals surface area contributed by atoms with Crippen LogP contribution in [-0.4, -0.2) is 32.9 Å². The zero-order valence-corrected chi connectivity index (χ0v) is 13.6. The fourth-order valence-electron chi connectivity index (χ4n) is 2.52. The predicted octanol–water partition coefficient (Wildman–Crippen LogP) is 3.56. The van der Waals surface area contributed by atoms with Crippen molar-refractivity contribution in [2.24, 2.45) is 0 Å². The molecule has 0 aromatic heterocycles. The van der Waals surface area contributed by atoms with Gasteiger partial charge in [-0.1, -0.05) is 26.3 Å². The Balaban J connectivity index is 2.81. The van der Waals surface area contributed by atoms with Gasteiger partial charge in [0.05, 0.1) is 13.2 Å². The molecule has 0 fully saturated rings. The van der Waals surface area contributed by atoms with Gasteiger partial charge in [0.1, 0.15) is 0 Å². The molecular formula is C17H28FNO2. The highest BCUT2D eigenvalue weighted by Gasteiger charge is 2.20. The minimum absolute atomic E-state index is 0.145. The van der Waals surface area contributed by atoms with Crippen molar-refractivity contribution in [1.29, 1.82) is 0 Å². The van der Waals surface area contributed by atoms with Gasteiger partial charge in [-0.3, -0.25) is 0 Å². The van der Waals surface area contributed by atoms with Gasteiger partial charge in [0.25, 0.3) is 0 Å². The molecule has 0 heterocycles. The van der Waals surface area contributed by atoms with Gasteiger partial charge >= 0.3 is 0 Å². The van der Waals surface area contributed by atoms with Crippen LogP contribution in [0.15, 0.2) is 18.2 Å². The van der Waals surface area contributed by atoms with E-state index >= 15 is 0 Å². The van der Waals surface area contributed by atoms with Gasteiger partial charge in [-0.25, -0.2) is 4.39 Å². The molecule has 0 aliphatic carbocycles. The highest BCUT2D eigenvalue weighted by molar-refractivity contribution is 5.29. The van der Waals surface area contributed by atoms with E-state index in [9.17, 15) is 4.39 Å². The summed E-state index contributed by atoms with van der Waals surface area (Å²) in [5.41, 5.74) is 0.958. The van der Waals surface area contributed by atoms with Gasteiger partial charge in [0, 0.05) is 13.2 Å². The molecule has 3 nitrogen and oxygen atoms in total. The number of rotatable bonds is 10. The third-order valence-electron chi connectivity index (χ3n) is 3.65. The maximum atomic E-state index is 13.8. The van der Waals surface area contributed by atoms with Crippen LogP contribution in [0.25, 0.3) is 0 Å². The zero-order valence-electron chi connectivity index (χ0n) is 13.6. The lowest BCUT2D eigenvalue weighted by Crippen LogP contribution is -2.43. The van der Waals surface area contributed by atoms with Gasteiger partial charge in [-0.05, 0) is 43.5 Å². The molecule has 0 saturated heterocycles. The second-order valence-corrected chi connectivity index (χ2v) is 5.30. The smallest absolute Gasteiger partial charge is 0.165 e. The molecule has 2 atom stereocenters. The summed E-state index contributed by atoms with van der Waals surface area (Å²) in [7, 11) is 3.22. The number of methoxy groups -OCH3 is 2. The van der Waals surface area contributed by atoms with Gasteiger partial charge in [0.2, 0.25) is 0 Å². The summed E-state index contributed by atoms with van der Waals surface area (Å²) in [6.45, 7) is 5.22. The average Bonchev–Trinajstić information content (AvgIpc) is 2.49. The summed E-state index contributed by atoms with van der Waals surface area (Å²) in [5.74, 6) is -0.0256.